The van der Waals surface area contributed by atoms with Crippen LogP contribution in [0.1, 0.15) is 25.3 Å². The predicted octanol–water partition coefficient (Wildman–Crippen LogP) is 2.57. The molecule has 2 atom stereocenters. The fourth-order valence-electron chi connectivity index (χ4n) is 3.66. The van der Waals surface area contributed by atoms with E-state index in [9.17, 15) is 18.0 Å². The monoisotopic (exact) mass is 493 g/mol. The second-order valence-corrected chi connectivity index (χ2v) is 10.3. The molecule has 1 fully saturated rings. The first kappa shape index (κ1) is 25.0. The van der Waals surface area contributed by atoms with Crippen LogP contribution >= 0.6 is 11.6 Å². The zero-order valence-electron chi connectivity index (χ0n) is 18.6. The van der Waals surface area contributed by atoms with Crippen LogP contribution in [0.15, 0.2) is 53.4 Å². The minimum absolute atomic E-state index is 0.0665. The second-order valence-electron chi connectivity index (χ2n) is 7.96. The van der Waals surface area contributed by atoms with E-state index in [1.165, 1.54) is 23.5 Å². The molecule has 1 aliphatic rings. The highest BCUT2D eigenvalue weighted by Gasteiger charge is 2.34. The zero-order valence-corrected chi connectivity index (χ0v) is 20.2. The van der Waals surface area contributed by atoms with Crippen molar-refractivity contribution in [3.05, 3.63) is 59.1 Å². The molecule has 10 heteroatoms. The standard InChI is InChI=1S/C23H28ClN3O5S/c1-16(22(28)25-14-17-5-3-7-19(24)13-17)26-23(29)18-6-4-12-27(15-18)33(30,31)21-10-8-20(32-2)9-11-21/h3,5,7-11,13,16,18H,4,6,12,14-15H2,1-2H3,(H,25,28)(H,26,29)/t16-,18+/m0/s1. The average molecular weight is 494 g/mol. The molecule has 2 amide bonds. The fourth-order valence-corrected chi connectivity index (χ4v) is 5.39. The van der Waals surface area contributed by atoms with Gasteiger partial charge in [0, 0.05) is 24.7 Å². The van der Waals surface area contributed by atoms with Crippen LogP contribution in [0, 0.1) is 5.92 Å². The van der Waals surface area contributed by atoms with Gasteiger partial charge in [0.15, 0.2) is 0 Å². The Labute approximate surface area is 199 Å². The number of sulfonamides is 1. The van der Waals surface area contributed by atoms with Crippen molar-refractivity contribution >= 4 is 33.4 Å². The Kier molecular flexibility index (Phi) is 8.34. The Morgan fingerprint density at radius 2 is 1.94 bits per heavy atom. The summed E-state index contributed by atoms with van der Waals surface area (Å²) in [7, 11) is -2.22. The number of nitrogens with one attached hydrogen (secondary N) is 2. The van der Waals surface area contributed by atoms with Crippen LogP contribution in [-0.2, 0) is 26.2 Å². The molecule has 3 rings (SSSR count). The first-order valence-corrected chi connectivity index (χ1v) is 12.5. The van der Waals surface area contributed by atoms with Gasteiger partial charge in [-0.25, -0.2) is 8.42 Å². The molecule has 33 heavy (non-hydrogen) atoms. The maximum Gasteiger partial charge on any atom is 0.243 e. The number of rotatable bonds is 8. The Morgan fingerprint density at radius 1 is 1.21 bits per heavy atom. The summed E-state index contributed by atoms with van der Waals surface area (Å²) in [5, 5.41) is 6.06. The summed E-state index contributed by atoms with van der Waals surface area (Å²) in [6.45, 7) is 2.29. The molecule has 178 valence electrons. The van der Waals surface area contributed by atoms with Gasteiger partial charge in [0.1, 0.15) is 11.8 Å². The number of nitrogens with zero attached hydrogens (tertiary/aromatic N) is 1. The summed E-state index contributed by atoms with van der Waals surface area (Å²) in [6.07, 6.45) is 1.11. The second kappa shape index (κ2) is 11.0. The lowest BCUT2D eigenvalue weighted by atomic mass is 9.98. The van der Waals surface area contributed by atoms with Gasteiger partial charge in [0.2, 0.25) is 21.8 Å². The summed E-state index contributed by atoms with van der Waals surface area (Å²) >= 11 is 5.95. The third-order valence-corrected chi connectivity index (χ3v) is 7.67. The van der Waals surface area contributed by atoms with E-state index < -0.39 is 22.0 Å². The maximum atomic E-state index is 13.0. The van der Waals surface area contributed by atoms with Gasteiger partial charge in [-0.15, -0.1) is 0 Å². The number of hydrogen-bond acceptors (Lipinski definition) is 5. The quantitative estimate of drug-likeness (QED) is 0.588. The molecule has 8 nitrogen and oxygen atoms in total. The third-order valence-electron chi connectivity index (χ3n) is 5.56. The first-order valence-electron chi connectivity index (χ1n) is 10.7. The van der Waals surface area contributed by atoms with Gasteiger partial charge in [-0.2, -0.15) is 4.31 Å². The summed E-state index contributed by atoms with van der Waals surface area (Å²) in [4.78, 5) is 25.3. The van der Waals surface area contributed by atoms with Crippen LogP contribution in [0.2, 0.25) is 5.02 Å². The minimum atomic E-state index is -3.73. The van der Waals surface area contributed by atoms with E-state index in [-0.39, 0.29) is 29.8 Å². The maximum absolute atomic E-state index is 13.0. The third kappa shape index (κ3) is 6.46. The average Bonchev–Trinajstić information content (AvgIpc) is 2.82. The van der Waals surface area contributed by atoms with Gasteiger partial charge in [0.05, 0.1) is 17.9 Å². The van der Waals surface area contributed by atoms with Crippen LogP contribution in [0.25, 0.3) is 0 Å². The van der Waals surface area contributed by atoms with Gasteiger partial charge in [0.25, 0.3) is 0 Å². The highest BCUT2D eigenvalue weighted by atomic mass is 35.5. The van der Waals surface area contributed by atoms with Crippen LogP contribution in [0.3, 0.4) is 0 Å². The van der Waals surface area contributed by atoms with E-state index in [2.05, 4.69) is 10.6 Å². The molecule has 2 N–H and O–H groups in total. The molecule has 0 spiro atoms. The van der Waals surface area contributed by atoms with Crippen molar-refractivity contribution in [1.29, 1.82) is 0 Å². The number of benzene rings is 2. The number of piperidine rings is 1. The highest BCUT2D eigenvalue weighted by Crippen LogP contribution is 2.25. The summed E-state index contributed by atoms with van der Waals surface area (Å²) in [6, 6.07) is 12.5. The molecule has 0 radical (unpaired) electrons. The van der Waals surface area contributed by atoms with Gasteiger partial charge in [-0.1, -0.05) is 23.7 Å². The van der Waals surface area contributed by atoms with Gasteiger partial charge < -0.3 is 15.4 Å². The van der Waals surface area contributed by atoms with E-state index in [0.29, 0.717) is 30.2 Å². The van der Waals surface area contributed by atoms with E-state index in [1.54, 1.807) is 37.3 Å². The van der Waals surface area contributed by atoms with E-state index in [1.807, 2.05) is 6.07 Å². The van der Waals surface area contributed by atoms with Crippen molar-refractivity contribution in [2.75, 3.05) is 20.2 Å². The van der Waals surface area contributed by atoms with E-state index in [0.717, 1.165) is 5.56 Å². The summed E-state index contributed by atoms with van der Waals surface area (Å²) in [5.74, 6) is -0.640. The van der Waals surface area contributed by atoms with Crippen molar-refractivity contribution in [3.63, 3.8) is 0 Å². The Bertz CT molecular complexity index is 1090. The fraction of sp³-hybridized carbons (Fsp3) is 0.391. The molecular weight excluding hydrogens is 466 g/mol. The highest BCUT2D eigenvalue weighted by molar-refractivity contribution is 7.89. The molecule has 0 aromatic heterocycles. The summed E-state index contributed by atoms with van der Waals surface area (Å²) in [5.41, 5.74) is 0.848. The van der Waals surface area contributed by atoms with Crippen molar-refractivity contribution in [1.82, 2.24) is 14.9 Å². The molecule has 2 aromatic carbocycles. The van der Waals surface area contributed by atoms with Crippen molar-refractivity contribution < 1.29 is 22.7 Å². The van der Waals surface area contributed by atoms with Crippen molar-refractivity contribution in [2.45, 2.75) is 37.2 Å². The molecule has 1 heterocycles. The number of amides is 2. The smallest absolute Gasteiger partial charge is 0.243 e. The number of hydrogen-bond donors (Lipinski definition) is 2. The summed E-state index contributed by atoms with van der Waals surface area (Å²) < 4.78 is 32.4. The molecule has 0 aliphatic carbocycles. The van der Waals surface area contributed by atoms with Gasteiger partial charge in [-0.05, 0) is 61.7 Å². The number of halogens is 1. The number of carbonyl (C=O) groups is 2. The molecule has 0 unspecified atom stereocenters. The largest absolute Gasteiger partial charge is 0.497 e. The molecule has 0 bridgehead atoms. The Morgan fingerprint density at radius 3 is 2.61 bits per heavy atom. The van der Waals surface area contributed by atoms with Crippen molar-refractivity contribution in [2.24, 2.45) is 5.92 Å². The lowest BCUT2D eigenvalue weighted by Crippen LogP contribution is -2.50. The number of methoxy groups -OCH3 is 1. The van der Waals surface area contributed by atoms with E-state index in [4.69, 9.17) is 16.3 Å². The lowest BCUT2D eigenvalue weighted by molar-refractivity contribution is -0.131. The molecule has 1 saturated heterocycles. The molecule has 1 aliphatic heterocycles. The van der Waals surface area contributed by atoms with E-state index >= 15 is 0 Å². The molecule has 0 saturated carbocycles. The van der Waals surface area contributed by atoms with Crippen LogP contribution in [0.4, 0.5) is 0 Å². The minimum Gasteiger partial charge on any atom is -0.497 e. The van der Waals surface area contributed by atoms with Gasteiger partial charge >= 0.3 is 0 Å². The SMILES string of the molecule is COc1ccc(S(=O)(=O)N2CCC[C@@H](C(=O)N[C@@H](C)C(=O)NCc3cccc(Cl)c3)C2)cc1. The Balaban J connectivity index is 1.56. The van der Waals surface area contributed by atoms with Gasteiger partial charge in [-0.3, -0.25) is 9.59 Å². The first-order chi connectivity index (χ1) is 15.7. The lowest BCUT2D eigenvalue weighted by Gasteiger charge is -2.31. The normalized spacial score (nSPS) is 17.7. The zero-order chi connectivity index (χ0) is 24.0. The predicted molar refractivity (Wildman–Crippen MR) is 125 cm³/mol. The Hall–Kier alpha value is -2.62. The van der Waals surface area contributed by atoms with Crippen LogP contribution in [0.5, 0.6) is 5.75 Å². The topological polar surface area (TPSA) is 105 Å². The van der Waals surface area contributed by atoms with Crippen LogP contribution < -0.4 is 15.4 Å². The molecule has 2 aromatic rings. The van der Waals surface area contributed by atoms with Crippen LogP contribution in [-0.4, -0.2) is 50.8 Å². The molecular formula is C23H28ClN3O5S. The number of ether oxygens (including phenoxy) is 1. The number of carbonyl (C=O) groups excluding carboxylic acids is 2. The van der Waals surface area contributed by atoms with Crippen molar-refractivity contribution in [3.8, 4) is 5.75 Å².